The second kappa shape index (κ2) is 5.74. The monoisotopic (exact) mass is 257 g/mol. The molecule has 0 spiro atoms. The minimum atomic E-state index is 0.759. The van der Waals surface area contributed by atoms with E-state index in [0.29, 0.717) is 0 Å². The van der Waals surface area contributed by atoms with Gasteiger partial charge >= 0.3 is 0 Å². The summed E-state index contributed by atoms with van der Waals surface area (Å²) in [5.41, 5.74) is 2.34. The molecule has 3 nitrogen and oxygen atoms in total. The number of rotatable bonds is 5. The Morgan fingerprint density at radius 3 is 3.05 bits per heavy atom. The van der Waals surface area contributed by atoms with Crippen LogP contribution in [0.15, 0.2) is 30.6 Å². The lowest BCUT2D eigenvalue weighted by atomic mass is 10.1. The van der Waals surface area contributed by atoms with Crippen molar-refractivity contribution in [3.05, 3.63) is 30.6 Å². The lowest BCUT2D eigenvalue weighted by Gasteiger charge is -2.12. The van der Waals surface area contributed by atoms with Crippen molar-refractivity contribution in [2.75, 3.05) is 6.54 Å². The Hall–Kier alpha value is -1.35. The van der Waals surface area contributed by atoms with Gasteiger partial charge in [-0.3, -0.25) is 0 Å². The Morgan fingerprint density at radius 1 is 1.32 bits per heavy atom. The first kappa shape index (κ1) is 12.7. The number of nitrogens with one attached hydrogen (secondary N) is 1. The molecular weight excluding hydrogens is 234 g/mol. The van der Waals surface area contributed by atoms with Crippen LogP contribution in [-0.4, -0.2) is 22.1 Å². The number of para-hydroxylation sites is 2. The molecule has 1 aliphatic carbocycles. The fourth-order valence-corrected chi connectivity index (χ4v) is 3.14. The molecule has 1 aliphatic rings. The van der Waals surface area contributed by atoms with Gasteiger partial charge in [0, 0.05) is 12.6 Å². The average Bonchev–Trinajstić information content (AvgIpc) is 3.02. The van der Waals surface area contributed by atoms with Crippen LogP contribution in [0.2, 0.25) is 0 Å². The van der Waals surface area contributed by atoms with E-state index in [-0.39, 0.29) is 0 Å². The summed E-state index contributed by atoms with van der Waals surface area (Å²) in [4.78, 5) is 4.43. The van der Waals surface area contributed by atoms with Crippen molar-refractivity contribution in [3.8, 4) is 0 Å². The molecule has 3 rings (SSSR count). The minimum Gasteiger partial charge on any atom is -0.331 e. The summed E-state index contributed by atoms with van der Waals surface area (Å²) in [5.74, 6) is 0.912. The van der Waals surface area contributed by atoms with Gasteiger partial charge in [-0.05, 0) is 50.3 Å². The second-order valence-electron chi connectivity index (χ2n) is 5.85. The summed E-state index contributed by atoms with van der Waals surface area (Å²) < 4.78 is 2.26. The van der Waals surface area contributed by atoms with E-state index in [1.807, 2.05) is 12.4 Å². The second-order valence-corrected chi connectivity index (χ2v) is 5.85. The predicted octanol–water partition coefficient (Wildman–Crippen LogP) is 3.20. The van der Waals surface area contributed by atoms with Crippen LogP contribution in [0, 0.1) is 5.92 Å². The van der Waals surface area contributed by atoms with Crippen LogP contribution >= 0.6 is 0 Å². The van der Waals surface area contributed by atoms with E-state index in [9.17, 15) is 0 Å². The molecule has 0 aliphatic heterocycles. The first-order valence-corrected chi connectivity index (χ1v) is 7.46. The maximum absolute atomic E-state index is 4.43. The lowest BCUT2D eigenvalue weighted by molar-refractivity contribution is 0.483. The van der Waals surface area contributed by atoms with Gasteiger partial charge in [-0.15, -0.1) is 0 Å². The van der Waals surface area contributed by atoms with Crippen LogP contribution in [0.1, 0.15) is 32.6 Å². The molecule has 0 saturated heterocycles. The summed E-state index contributed by atoms with van der Waals surface area (Å²) >= 11 is 0. The van der Waals surface area contributed by atoms with Gasteiger partial charge in [0.2, 0.25) is 0 Å². The molecule has 0 bridgehead atoms. The number of aryl methyl sites for hydroxylation is 1. The first-order valence-electron chi connectivity index (χ1n) is 7.46. The number of hydrogen-bond acceptors (Lipinski definition) is 2. The van der Waals surface area contributed by atoms with E-state index in [0.717, 1.165) is 30.6 Å². The molecule has 2 unspecified atom stereocenters. The quantitative estimate of drug-likeness (QED) is 0.834. The van der Waals surface area contributed by atoms with Gasteiger partial charge in [0.15, 0.2) is 0 Å². The SMILES string of the molecule is CC1CCC(NCCCn2cnc3ccccc32)C1. The molecule has 1 heterocycles. The zero-order valence-electron chi connectivity index (χ0n) is 11.7. The van der Waals surface area contributed by atoms with E-state index in [4.69, 9.17) is 0 Å². The van der Waals surface area contributed by atoms with Crippen LogP contribution in [0.5, 0.6) is 0 Å². The van der Waals surface area contributed by atoms with Gasteiger partial charge in [0.1, 0.15) is 0 Å². The summed E-state index contributed by atoms with van der Waals surface area (Å²) in [5, 5.41) is 3.69. The zero-order valence-corrected chi connectivity index (χ0v) is 11.7. The van der Waals surface area contributed by atoms with E-state index >= 15 is 0 Å². The molecule has 102 valence electrons. The third kappa shape index (κ3) is 2.98. The Labute approximate surface area is 115 Å². The van der Waals surface area contributed by atoms with E-state index in [1.165, 1.54) is 31.2 Å². The predicted molar refractivity (Wildman–Crippen MR) is 79.2 cm³/mol. The molecule has 1 saturated carbocycles. The molecule has 1 aromatic carbocycles. The van der Waals surface area contributed by atoms with Crippen LogP contribution in [0.4, 0.5) is 0 Å². The third-order valence-corrected chi connectivity index (χ3v) is 4.23. The Morgan fingerprint density at radius 2 is 2.21 bits per heavy atom. The topological polar surface area (TPSA) is 29.9 Å². The minimum absolute atomic E-state index is 0.759. The van der Waals surface area contributed by atoms with Gasteiger partial charge in [0.05, 0.1) is 17.4 Å². The van der Waals surface area contributed by atoms with E-state index in [2.05, 4.69) is 40.0 Å². The highest BCUT2D eigenvalue weighted by Gasteiger charge is 2.19. The molecule has 2 atom stereocenters. The standard InChI is InChI=1S/C16H23N3/c1-13-7-8-14(11-13)17-9-4-10-19-12-18-15-5-2-3-6-16(15)19/h2-3,5-6,12-14,17H,4,7-11H2,1H3. The van der Waals surface area contributed by atoms with E-state index in [1.54, 1.807) is 0 Å². The van der Waals surface area contributed by atoms with Gasteiger partial charge in [-0.1, -0.05) is 19.1 Å². The maximum atomic E-state index is 4.43. The Kier molecular flexibility index (Phi) is 3.83. The Balaban J connectivity index is 1.47. The van der Waals surface area contributed by atoms with Gasteiger partial charge in [-0.2, -0.15) is 0 Å². The number of benzene rings is 1. The smallest absolute Gasteiger partial charge is 0.0958 e. The number of nitrogens with zero attached hydrogens (tertiary/aromatic N) is 2. The summed E-state index contributed by atoms with van der Waals surface area (Å²) in [6.45, 7) is 4.53. The highest BCUT2D eigenvalue weighted by Crippen LogP contribution is 2.24. The molecule has 3 heteroatoms. The number of hydrogen-bond donors (Lipinski definition) is 1. The fourth-order valence-electron chi connectivity index (χ4n) is 3.14. The fraction of sp³-hybridized carbons (Fsp3) is 0.562. The highest BCUT2D eigenvalue weighted by atomic mass is 15.0. The lowest BCUT2D eigenvalue weighted by Crippen LogP contribution is -2.27. The highest BCUT2D eigenvalue weighted by molar-refractivity contribution is 5.74. The molecule has 1 aromatic heterocycles. The van der Waals surface area contributed by atoms with Crippen molar-refractivity contribution in [1.82, 2.24) is 14.9 Å². The van der Waals surface area contributed by atoms with Crippen molar-refractivity contribution in [2.45, 2.75) is 45.2 Å². The van der Waals surface area contributed by atoms with Crippen LogP contribution in [0.25, 0.3) is 11.0 Å². The van der Waals surface area contributed by atoms with Crippen LogP contribution < -0.4 is 5.32 Å². The summed E-state index contributed by atoms with van der Waals surface area (Å²) in [6, 6.07) is 9.11. The van der Waals surface area contributed by atoms with Crippen molar-refractivity contribution >= 4 is 11.0 Å². The molecule has 19 heavy (non-hydrogen) atoms. The van der Waals surface area contributed by atoms with Crippen molar-refractivity contribution in [1.29, 1.82) is 0 Å². The van der Waals surface area contributed by atoms with Crippen molar-refractivity contribution < 1.29 is 0 Å². The van der Waals surface area contributed by atoms with Gasteiger partial charge in [-0.25, -0.2) is 4.98 Å². The molecule has 0 amide bonds. The summed E-state index contributed by atoms with van der Waals surface area (Å²) in [6.07, 6.45) is 7.24. The van der Waals surface area contributed by atoms with Gasteiger partial charge < -0.3 is 9.88 Å². The van der Waals surface area contributed by atoms with Gasteiger partial charge in [0.25, 0.3) is 0 Å². The number of imidazole rings is 1. The summed E-state index contributed by atoms with van der Waals surface area (Å²) in [7, 11) is 0. The van der Waals surface area contributed by atoms with Crippen LogP contribution in [-0.2, 0) is 6.54 Å². The number of aromatic nitrogens is 2. The van der Waals surface area contributed by atoms with Crippen molar-refractivity contribution in [3.63, 3.8) is 0 Å². The molecular formula is C16H23N3. The normalized spacial score (nSPS) is 23.2. The van der Waals surface area contributed by atoms with Crippen molar-refractivity contribution in [2.24, 2.45) is 5.92 Å². The van der Waals surface area contributed by atoms with E-state index < -0.39 is 0 Å². The Bertz CT molecular complexity index is 532. The first-order chi connectivity index (χ1) is 9.33. The zero-order chi connectivity index (χ0) is 13.1. The van der Waals surface area contributed by atoms with Crippen LogP contribution in [0.3, 0.4) is 0 Å². The molecule has 1 fully saturated rings. The largest absolute Gasteiger partial charge is 0.331 e. The molecule has 1 N–H and O–H groups in total. The molecule has 2 aromatic rings. The molecule has 0 radical (unpaired) electrons. The maximum Gasteiger partial charge on any atom is 0.0958 e. The number of fused-ring (bicyclic) bond motifs is 1. The average molecular weight is 257 g/mol. The third-order valence-electron chi connectivity index (χ3n) is 4.23.